The first-order valence-corrected chi connectivity index (χ1v) is 12.7. The zero-order chi connectivity index (χ0) is 25.4. The highest BCUT2D eigenvalue weighted by molar-refractivity contribution is 6.01. The molecule has 0 unspecified atom stereocenters. The molecule has 1 aliphatic carbocycles. The van der Waals surface area contributed by atoms with Crippen LogP contribution in [0.2, 0.25) is 0 Å². The van der Waals surface area contributed by atoms with Gasteiger partial charge in [0, 0.05) is 31.6 Å². The van der Waals surface area contributed by atoms with Gasteiger partial charge in [-0.05, 0) is 28.7 Å². The summed E-state index contributed by atoms with van der Waals surface area (Å²) in [5, 5.41) is 0. The summed E-state index contributed by atoms with van der Waals surface area (Å²) in [5.41, 5.74) is 1.56. The molecule has 6 heteroatoms. The molecule has 1 heterocycles. The standard InChI is InChI=1S/C30H33NO5/c1-2-3-4-11-16-31-20-26-19-30(18-25(26)17-27(31)32,28(33)35-21-23-12-7-5-8-13-23)29(34)36-22-24-14-9-6-10-15-24/h5-10,12-15,17,20H,2-4,11,16,18-19,21-22H2,1H3. The van der Waals surface area contributed by atoms with Crippen molar-refractivity contribution in [3.05, 3.63) is 106 Å². The molecule has 1 aromatic heterocycles. The van der Waals surface area contributed by atoms with E-state index in [1.807, 2.05) is 60.7 Å². The first-order chi connectivity index (χ1) is 17.5. The molecule has 0 saturated heterocycles. The van der Waals surface area contributed by atoms with Crippen molar-refractivity contribution in [2.75, 3.05) is 0 Å². The number of fused-ring (bicyclic) bond motifs is 1. The molecule has 4 rings (SSSR count). The van der Waals surface area contributed by atoms with Crippen LogP contribution >= 0.6 is 0 Å². The molecule has 188 valence electrons. The van der Waals surface area contributed by atoms with Crippen LogP contribution in [0.5, 0.6) is 0 Å². The Labute approximate surface area is 211 Å². The number of hydrogen-bond donors (Lipinski definition) is 0. The smallest absolute Gasteiger partial charge is 0.324 e. The fraction of sp³-hybridized carbons (Fsp3) is 0.367. The number of esters is 2. The molecule has 3 aromatic rings. The summed E-state index contributed by atoms with van der Waals surface area (Å²) in [7, 11) is 0. The lowest BCUT2D eigenvalue weighted by atomic mass is 9.84. The summed E-state index contributed by atoms with van der Waals surface area (Å²) in [5.74, 6) is -1.25. The number of pyridine rings is 1. The van der Waals surface area contributed by atoms with Crippen LogP contribution < -0.4 is 5.56 Å². The van der Waals surface area contributed by atoms with Gasteiger partial charge in [-0.3, -0.25) is 14.4 Å². The van der Waals surface area contributed by atoms with Crippen LogP contribution in [-0.4, -0.2) is 16.5 Å². The van der Waals surface area contributed by atoms with Gasteiger partial charge in [-0.25, -0.2) is 0 Å². The first-order valence-electron chi connectivity index (χ1n) is 12.7. The van der Waals surface area contributed by atoms with Crippen molar-refractivity contribution in [1.29, 1.82) is 0 Å². The number of benzene rings is 2. The van der Waals surface area contributed by atoms with Gasteiger partial charge in [0.15, 0.2) is 5.41 Å². The first kappa shape index (κ1) is 25.4. The molecule has 0 spiro atoms. The number of ether oxygens (including phenoxy) is 2. The highest BCUT2D eigenvalue weighted by Gasteiger charge is 2.53. The molecule has 0 N–H and O–H groups in total. The second-order valence-corrected chi connectivity index (χ2v) is 9.48. The third-order valence-corrected chi connectivity index (χ3v) is 6.75. The van der Waals surface area contributed by atoms with Crippen LogP contribution in [-0.2, 0) is 51.7 Å². The lowest BCUT2D eigenvalue weighted by molar-refractivity contribution is -0.173. The summed E-state index contributed by atoms with van der Waals surface area (Å²) in [6, 6.07) is 20.3. The second-order valence-electron chi connectivity index (χ2n) is 9.48. The maximum atomic E-state index is 13.5. The van der Waals surface area contributed by atoms with Crippen molar-refractivity contribution in [2.24, 2.45) is 5.41 Å². The van der Waals surface area contributed by atoms with Crippen LogP contribution in [0.1, 0.15) is 54.9 Å². The van der Waals surface area contributed by atoms with Crippen molar-refractivity contribution < 1.29 is 19.1 Å². The maximum Gasteiger partial charge on any atom is 0.324 e. The average Bonchev–Trinajstić information content (AvgIpc) is 3.29. The fourth-order valence-corrected chi connectivity index (χ4v) is 4.67. The summed E-state index contributed by atoms with van der Waals surface area (Å²) in [6.07, 6.45) is 6.27. The molecule has 0 amide bonds. The monoisotopic (exact) mass is 487 g/mol. The highest BCUT2D eigenvalue weighted by atomic mass is 16.6. The van der Waals surface area contributed by atoms with Gasteiger partial charge < -0.3 is 14.0 Å². The Morgan fingerprint density at radius 1 is 0.806 bits per heavy atom. The van der Waals surface area contributed by atoms with E-state index in [1.54, 1.807) is 16.8 Å². The number of carbonyl (C=O) groups is 2. The molecule has 2 aromatic carbocycles. The van der Waals surface area contributed by atoms with Crippen molar-refractivity contribution in [2.45, 2.75) is 65.2 Å². The van der Waals surface area contributed by atoms with Gasteiger partial charge in [0.1, 0.15) is 13.2 Å². The molecule has 36 heavy (non-hydrogen) atoms. The van der Waals surface area contributed by atoms with E-state index in [1.165, 1.54) is 0 Å². The predicted octanol–water partition coefficient (Wildman–Crippen LogP) is 5.00. The number of nitrogens with zero attached hydrogens (tertiary/aromatic N) is 1. The summed E-state index contributed by atoms with van der Waals surface area (Å²) >= 11 is 0. The van der Waals surface area contributed by atoms with Gasteiger partial charge in [-0.2, -0.15) is 0 Å². The van der Waals surface area contributed by atoms with Gasteiger partial charge in [0.25, 0.3) is 5.56 Å². The van der Waals surface area contributed by atoms with E-state index in [4.69, 9.17) is 9.47 Å². The zero-order valence-electron chi connectivity index (χ0n) is 20.8. The molecule has 0 aliphatic heterocycles. The Morgan fingerprint density at radius 3 is 1.92 bits per heavy atom. The van der Waals surface area contributed by atoms with Gasteiger partial charge in [-0.15, -0.1) is 0 Å². The van der Waals surface area contributed by atoms with Crippen molar-refractivity contribution in [3.63, 3.8) is 0 Å². The molecule has 0 saturated carbocycles. The normalized spacial score (nSPS) is 13.7. The number of carbonyl (C=O) groups excluding carboxylic acids is 2. The Morgan fingerprint density at radius 2 is 1.36 bits per heavy atom. The number of rotatable bonds is 11. The summed E-state index contributed by atoms with van der Waals surface area (Å²) in [6.45, 7) is 2.90. The Kier molecular flexibility index (Phi) is 8.36. The van der Waals surface area contributed by atoms with Crippen molar-refractivity contribution in [1.82, 2.24) is 4.57 Å². The minimum Gasteiger partial charge on any atom is -0.460 e. The maximum absolute atomic E-state index is 13.5. The van der Waals surface area contributed by atoms with E-state index in [9.17, 15) is 14.4 Å². The predicted molar refractivity (Wildman–Crippen MR) is 137 cm³/mol. The third-order valence-electron chi connectivity index (χ3n) is 6.75. The topological polar surface area (TPSA) is 74.6 Å². The lowest BCUT2D eigenvalue weighted by Crippen LogP contribution is -2.42. The van der Waals surface area contributed by atoms with E-state index in [0.29, 0.717) is 12.1 Å². The molecule has 0 radical (unpaired) electrons. The zero-order valence-corrected chi connectivity index (χ0v) is 20.8. The van der Waals surface area contributed by atoms with Crippen LogP contribution in [0.25, 0.3) is 0 Å². The van der Waals surface area contributed by atoms with Crippen LogP contribution in [0.15, 0.2) is 77.7 Å². The van der Waals surface area contributed by atoms with Crippen LogP contribution in [0.3, 0.4) is 0 Å². The molecule has 6 nitrogen and oxygen atoms in total. The minimum absolute atomic E-state index is 0.0635. The van der Waals surface area contributed by atoms with Gasteiger partial charge in [0.2, 0.25) is 0 Å². The number of hydrogen-bond acceptors (Lipinski definition) is 5. The van der Waals surface area contributed by atoms with Gasteiger partial charge in [0.05, 0.1) is 0 Å². The molecular formula is C30H33NO5. The highest BCUT2D eigenvalue weighted by Crippen LogP contribution is 2.39. The largest absolute Gasteiger partial charge is 0.460 e. The van der Waals surface area contributed by atoms with Crippen LogP contribution in [0.4, 0.5) is 0 Å². The average molecular weight is 488 g/mol. The van der Waals surface area contributed by atoms with Gasteiger partial charge >= 0.3 is 11.9 Å². The number of aryl methyl sites for hydroxylation is 1. The molecular weight excluding hydrogens is 454 g/mol. The fourth-order valence-electron chi connectivity index (χ4n) is 4.67. The van der Waals surface area contributed by atoms with Crippen molar-refractivity contribution >= 4 is 11.9 Å². The minimum atomic E-state index is -1.51. The SMILES string of the molecule is CCCCCCn1cc2c(cc1=O)CC(C(=O)OCc1ccccc1)(C(=O)OCc1ccccc1)C2. The molecule has 0 fully saturated rings. The van der Waals surface area contributed by atoms with E-state index in [2.05, 4.69) is 6.92 Å². The van der Waals surface area contributed by atoms with Crippen molar-refractivity contribution in [3.8, 4) is 0 Å². The summed E-state index contributed by atoms with van der Waals surface area (Å²) < 4.78 is 13.0. The van der Waals surface area contributed by atoms with Crippen LogP contribution in [0, 0.1) is 5.41 Å². The molecule has 1 aliphatic rings. The second kappa shape index (κ2) is 11.8. The lowest BCUT2D eigenvalue weighted by Gasteiger charge is -2.24. The Balaban J connectivity index is 1.55. The quantitative estimate of drug-likeness (QED) is 0.216. The molecule has 0 bridgehead atoms. The Hall–Kier alpha value is -3.67. The Bertz CT molecular complexity index is 1180. The van der Waals surface area contributed by atoms with E-state index in [-0.39, 0.29) is 31.6 Å². The third kappa shape index (κ3) is 5.93. The molecule has 0 atom stereocenters. The number of unbranched alkanes of at least 4 members (excludes halogenated alkanes) is 3. The van der Waals surface area contributed by atoms with E-state index in [0.717, 1.165) is 42.4 Å². The summed E-state index contributed by atoms with van der Waals surface area (Å²) in [4.78, 5) is 39.7. The van der Waals surface area contributed by atoms with E-state index < -0.39 is 17.4 Å². The van der Waals surface area contributed by atoms with Gasteiger partial charge in [-0.1, -0.05) is 86.8 Å². The number of aromatic nitrogens is 1. The van der Waals surface area contributed by atoms with E-state index >= 15 is 0 Å².